The van der Waals surface area contributed by atoms with Gasteiger partial charge in [0.2, 0.25) is 6.79 Å². The van der Waals surface area contributed by atoms with Crippen LogP contribution in [0.25, 0.3) is 0 Å². The molecule has 1 saturated carbocycles. The van der Waals surface area contributed by atoms with Crippen LogP contribution >= 0.6 is 0 Å². The normalized spacial score (nSPS) is 23.0. The number of ether oxygens (including phenoxy) is 2. The van der Waals surface area contributed by atoms with Gasteiger partial charge < -0.3 is 19.4 Å². The van der Waals surface area contributed by atoms with Crippen LogP contribution < -0.4 is 15.0 Å². The summed E-state index contributed by atoms with van der Waals surface area (Å²) >= 11 is 0. The number of rotatable bonds is 3. The van der Waals surface area contributed by atoms with Gasteiger partial charge in [0.05, 0.1) is 5.69 Å². The van der Waals surface area contributed by atoms with E-state index in [1.54, 1.807) is 18.2 Å². The summed E-state index contributed by atoms with van der Waals surface area (Å²) in [5.74, 6) is 2.02. The topological polar surface area (TPSA) is 87.8 Å². The highest BCUT2D eigenvalue weighted by Crippen LogP contribution is 2.34. The average molecular weight is 437 g/mol. The van der Waals surface area contributed by atoms with Crippen molar-refractivity contribution in [1.29, 1.82) is 0 Å². The summed E-state index contributed by atoms with van der Waals surface area (Å²) < 4.78 is 10.7. The van der Waals surface area contributed by atoms with E-state index in [0.29, 0.717) is 36.2 Å². The van der Waals surface area contributed by atoms with Gasteiger partial charge in [0, 0.05) is 49.3 Å². The Morgan fingerprint density at radius 3 is 2.81 bits per heavy atom. The standard InChI is InChI=1S/C24H28N4O4/c29-23-18-8-10-27(17-3-1-2-4-17)13-19(18)25-22(26-23)16-7-9-28(12-16)24(30)15-5-6-20-21(11-15)32-14-31-20/h5-6,11,16-17H,1-4,7-10,12-14H2,(H,25,26,29)/t16-/m0/s1. The molecule has 0 radical (unpaired) electrons. The molecule has 32 heavy (non-hydrogen) atoms. The van der Waals surface area contributed by atoms with E-state index in [1.807, 2.05) is 4.90 Å². The fourth-order valence-corrected chi connectivity index (χ4v) is 5.63. The minimum Gasteiger partial charge on any atom is -0.454 e. The van der Waals surface area contributed by atoms with Crippen LogP contribution in [0, 0.1) is 0 Å². The maximum absolute atomic E-state index is 13.0. The van der Waals surface area contributed by atoms with E-state index in [0.717, 1.165) is 43.0 Å². The molecule has 8 heteroatoms. The Kier molecular flexibility index (Phi) is 4.90. The quantitative estimate of drug-likeness (QED) is 0.795. The number of carbonyl (C=O) groups is 1. The van der Waals surface area contributed by atoms with Crippen molar-refractivity contribution in [3.8, 4) is 11.5 Å². The molecule has 0 spiro atoms. The second-order valence-electron chi connectivity index (χ2n) is 9.34. The number of carbonyl (C=O) groups excluding carboxylic acids is 1. The van der Waals surface area contributed by atoms with Gasteiger partial charge in [-0.15, -0.1) is 0 Å². The summed E-state index contributed by atoms with van der Waals surface area (Å²) in [7, 11) is 0. The van der Waals surface area contributed by atoms with Crippen molar-refractivity contribution in [2.24, 2.45) is 0 Å². The number of hydrogen-bond donors (Lipinski definition) is 1. The second kappa shape index (κ2) is 7.92. The van der Waals surface area contributed by atoms with Crippen molar-refractivity contribution < 1.29 is 14.3 Å². The van der Waals surface area contributed by atoms with Gasteiger partial charge >= 0.3 is 0 Å². The van der Waals surface area contributed by atoms with Crippen LogP contribution in [0.15, 0.2) is 23.0 Å². The van der Waals surface area contributed by atoms with E-state index >= 15 is 0 Å². The first-order valence-electron chi connectivity index (χ1n) is 11.7. The van der Waals surface area contributed by atoms with E-state index in [1.165, 1.54) is 25.7 Å². The van der Waals surface area contributed by atoms with Crippen LogP contribution in [-0.2, 0) is 13.0 Å². The predicted octanol–water partition coefficient (Wildman–Crippen LogP) is 2.43. The van der Waals surface area contributed by atoms with Crippen molar-refractivity contribution in [3.05, 3.63) is 51.2 Å². The monoisotopic (exact) mass is 436 g/mol. The Labute approximate surface area is 186 Å². The largest absolute Gasteiger partial charge is 0.454 e. The molecule has 1 saturated heterocycles. The smallest absolute Gasteiger partial charge is 0.254 e. The van der Waals surface area contributed by atoms with Gasteiger partial charge in [-0.3, -0.25) is 14.5 Å². The van der Waals surface area contributed by atoms with E-state index in [-0.39, 0.29) is 24.2 Å². The molecule has 2 fully saturated rings. The van der Waals surface area contributed by atoms with Crippen molar-refractivity contribution in [1.82, 2.24) is 19.8 Å². The Bertz CT molecular complexity index is 1110. The SMILES string of the molecule is O=C(c1ccc2c(c1)OCO2)N1CC[C@H](c2nc3c(c(=O)[nH]2)CCN(C2CCCC2)C3)C1. The van der Waals surface area contributed by atoms with Crippen molar-refractivity contribution in [2.45, 2.75) is 57.0 Å². The van der Waals surface area contributed by atoms with Gasteiger partial charge in [-0.2, -0.15) is 0 Å². The van der Waals surface area contributed by atoms with Crippen LogP contribution in [-0.4, -0.2) is 58.1 Å². The van der Waals surface area contributed by atoms with Crippen molar-refractivity contribution in [2.75, 3.05) is 26.4 Å². The van der Waals surface area contributed by atoms with Gasteiger partial charge in [0.15, 0.2) is 11.5 Å². The lowest BCUT2D eigenvalue weighted by molar-refractivity contribution is 0.0790. The number of H-pyrrole nitrogens is 1. The summed E-state index contributed by atoms with van der Waals surface area (Å²) in [6.45, 7) is 3.11. The lowest BCUT2D eigenvalue weighted by Crippen LogP contribution is -2.41. The zero-order valence-electron chi connectivity index (χ0n) is 18.1. The maximum Gasteiger partial charge on any atom is 0.254 e. The molecule has 1 amide bonds. The number of aromatic nitrogens is 2. The fourth-order valence-electron chi connectivity index (χ4n) is 5.63. The molecule has 3 aliphatic heterocycles. The van der Waals surface area contributed by atoms with Gasteiger partial charge in [0.25, 0.3) is 11.5 Å². The number of nitrogens with one attached hydrogen (secondary N) is 1. The van der Waals surface area contributed by atoms with Crippen LogP contribution in [0.4, 0.5) is 0 Å². The molecular formula is C24H28N4O4. The predicted molar refractivity (Wildman–Crippen MR) is 117 cm³/mol. The molecule has 1 atom stereocenters. The number of fused-ring (bicyclic) bond motifs is 2. The van der Waals surface area contributed by atoms with E-state index < -0.39 is 0 Å². The summed E-state index contributed by atoms with van der Waals surface area (Å²) in [4.78, 5) is 38.1. The molecule has 1 aliphatic carbocycles. The molecule has 0 bridgehead atoms. The number of aromatic amines is 1. The van der Waals surface area contributed by atoms with E-state index in [2.05, 4.69) is 9.88 Å². The number of likely N-dealkylation sites (tertiary alicyclic amines) is 1. The Morgan fingerprint density at radius 1 is 1.09 bits per heavy atom. The molecule has 1 N–H and O–H groups in total. The molecule has 8 nitrogen and oxygen atoms in total. The maximum atomic E-state index is 13.0. The first kappa shape index (κ1) is 19.8. The number of hydrogen-bond acceptors (Lipinski definition) is 6. The lowest BCUT2D eigenvalue weighted by Gasteiger charge is -2.32. The zero-order valence-corrected chi connectivity index (χ0v) is 18.1. The molecule has 1 aromatic heterocycles. The van der Waals surface area contributed by atoms with Gasteiger partial charge in [-0.05, 0) is 43.9 Å². The molecule has 4 heterocycles. The van der Waals surface area contributed by atoms with Crippen molar-refractivity contribution >= 4 is 5.91 Å². The van der Waals surface area contributed by atoms with Crippen LogP contribution in [0.5, 0.6) is 11.5 Å². The third kappa shape index (κ3) is 3.46. The molecule has 1 aromatic carbocycles. The fraction of sp³-hybridized carbons (Fsp3) is 0.542. The highest BCUT2D eigenvalue weighted by molar-refractivity contribution is 5.95. The first-order valence-corrected chi connectivity index (χ1v) is 11.7. The highest BCUT2D eigenvalue weighted by atomic mass is 16.7. The molecule has 2 aromatic rings. The first-order chi connectivity index (χ1) is 15.7. The number of amides is 1. The summed E-state index contributed by atoms with van der Waals surface area (Å²) in [6.07, 6.45) is 6.68. The van der Waals surface area contributed by atoms with Gasteiger partial charge in [0.1, 0.15) is 5.82 Å². The third-order valence-electron chi connectivity index (χ3n) is 7.44. The summed E-state index contributed by atoms with van der Waals surface area (Å²) in [5, 5.41) is 0. The highest BCUT2D eigenvalue weighted by Gasteiger charge is 2.33. The Morgan fingerprint density at radius 2 is 1.94 bits per heavy atom. The molecule has 4 aliphatic rings. The van der Waals surface area contributed by atoms with Crippen LogP contribution in [0.3, 0.4) is 0 Å². The summed E-state index contributed by atoms with van der Waals surface area (Å²) in [6, 6.07) is 5.94. The number of benzene rings is 1. The molecule has 0 unspecified atom stereocenters. The molecule has 168 valence electrons. The minimum atomic E-state index is -0.0292. The third-order valence-corrected chi connectivity index (χ3v) is 7.44. The molecular weight excluding hydrogens is 408 g/mol. The second-order valence-corrected chi connectivity index (χ2v) is 9.34. The number of nitrogens with zero attached hydrogens (tertiary/aromatic N) is 3. The average Bonchev–Trinajstić information content (AvgIpc) is 3.59. The van der Waals surface area contributed by atoms with Crippen molar-refractivity contribution in [3.63, 3.8) is 0 Å². The van der Waals surface area contributed by atoms with Crippen LogP contribution in [0.2, 0.25) is 0 Å². The Balaban J connectivity index is 1.19. The molecule has 6 rings (SSSR count). The summed E-state index contributed by atoms with van der Waals surface area (Å²) in [5.41, 5.74) is 2.36. The van der Waals surface area contributed by atoms with Crippen LogP contribution in [0.1, 0.15) is 65.5 Å². The van der Waals surface area contributed by atoms with Gasteiger partial charge in [-0.25, -0.2) is 4.98 Å². The minimum absolute atomic E-state index is 0.00313. The Hall–Kier alpha value is -2.87. The zero-order chi connectivity index (χ0) is 21.7. The van der Waals surface area contributed by atoms with E-state index in [4.69, 9.17) is 14.5 Å². The lowest BCUT2D eigenvalue weighted by atomic mass is 10.0. The van der Waals surface area contributed by atoms with E-state index in [9.17, 15) is 9.59 Å². The van der Waals surface area contributed by atoms with Gasteiger partial charge in [-0.1, -0.05) is 12.8 Å².